The van der Waals surface area contributed by atoms with Crippen molar-refractivity contribution in [1.29, 1.82) is 0 Å². The van der Waals surface area contributed by atoms with Gasteiger partial charge in [-0.2, -0.15) is 0 Å². The highest BCUT2D eigenvalue weighted by Crippen LogP contribution is 2.23. The molecule has 1 aromatic carbocycles. The van der Waals surface area contributed by atoms with Crippen LogP contribution in [0, 0.1) is 0 Å². The van der Waals surface area contributed by atoms with Crippen LogP contribution in [0.2, 0.25) is 5.15 Å². The van der Waals surface area contributed by atoms with Crippen LogP contribution in [0.5, 0.6) is 0 Å². The maximum atomic E-state index is 11.6. The monoisotopic (exact) mass is 265 g/mol. The second kappa shape index (κ2) is 4.98. The summed E-state index contributed by atoms with van der Waals surface area (Å²) >= 11 is 7.68. The van der Waals surface area contributed by atoms with Crippen molar-refractivity contribution in [3.8, 4) is 11.1 Å². The molecule has 0 spiro atoms. The highest BCUT2D eigenvalue weighted by Gasteiger charge is 2.03. The van der Waals surface area contributed by atoms with Crippen LogP contribution in [0.4, 0.5) is 0 Å². The van der Waals surface area contributed by atoms with Crippen LogP contribution in [-0.2, 0) is 7.05 Å². The summed E-state index contributed by atoms with van der Waals surface area (Å²) in [6.07, 6.45) is 2.03. The van der Waals surface area contributed by atoms with Gasteiger partial charge in [-0.05, 0) is 35.6 Å². The van der Waals surface area contributed by atoms with Crippen LogP contribution in [0.25, 0.3) is 11.1 Å². The number of hydrogen-bond acceptors (Lipinski definition) is 2. The molecular formula is C13H12ClNOS. The Bertz CT molecular complexity index is 589. The van der Waals surface area contributed by atoms with Crippen LogP contribution in [0.15, 0.2) is 46.1 Å². The standard InChI is InChI=1S/C13H12ClNOS/c1-15-12(14)7-10(8-13(15)16)9-3-5-11(17-2)6-4-9/h3-8H,1-2H3. The van der Waals surface area contributed by atoms with Gasteiger partial charge in [0.2, 0.25) is 0 Å². The second-order valence-corrected chi connectivity index (χ2v) is 4.96. The van der Waals surface area contributed by atoms with Gasteiger partial charge in [-0.1, -0.05) is 23.7 Å². The zero-order valence-corrected chi connectivity index (χ0v) is 11.2. The van der Waals surface area contributed by atoms with Crippen molar-refractivity contribution in [2.75, 3.05) is 6.26 Å². The first kappa shape index (κ1) is 12.3. The number of halogens is 1. The van der Waals surface area contributed by atoms with E-state index in [9.17, 15) is 4.79 Å². The Balaban J connectivity index is 2.49. The summed E-state index contributed by atoms with van der Waals surface area (Å²) < 4.78 is 1.42. The summed E-state index contributed by atoms with van der Waals surface area (Å²) in [6.45, 7) is 0. The van der Waals surface area contributed by atoms with Crippen molar-refractivity contribution in [2.24, 2.45) is 7.05 Å². The molecule has 0 aliphatic carbocycles. The van der Waals surface area contributed by atoms with E-state index >= 15 is 0 Å². The number of nitrogens with zero attached hydrogens (tertiary/aromatic N) is 1. The van der Waals surface area contributed by atoms with Gasteiger partial charge in [0.1, 0.15) is 5.15 Å². The second-order valence-electron chi connectivity index (χ2n) is 3.69. The molecule has 1 aromatic heterocycles. The minimum absolute atomic E-state index is 0.0959. The molecule has 1 heterocycles. The van der Waals surface area contributed by atoms with E-state index in [4.69, 9.17) is 11.6 Å². The van der Waals surface area contributed by atoms with Crippen molar-refractivity contribution >= 4 is 23.4 Å². The lowest BCUT2D eigenvalue weighted by Crippen LogP contribution is -2.15. The van der Waals surface area contributed by atoms with Crippen molar-refractivity contribution in [3.63, 3.8) is 0 Å². The molecule has 0 aliphatic rings. The summed E-state index contributed by atoms with van der Waals surface area (Å²) in [7, 11) is 1.66. The number of aromatic nitrogens is 1. The van der Waals surface area contributed by atoms with Crippen LogP contribution in [-0.4, -0.2) is 10.8 Å². The van der Waals surface area contributed by atoms with Gasteiger partial charge in [-0.15, -0.1) is 11.8 Å². The lowest BCUT2D eigenvalue weighted by atomic mass is 10.1. The average molecular weight is 266 g/mol. The number of rotatable bonds is 2. The molecule has 0 N–H and O–H groups in total. The van der Waals surface area contributed by atoms with Gasteiger partial charge >= 0.3 is 0 Å². The van der Waals surface area contributed by atoms with Crippen LogP contribution in [0.1, 0.15) is 0 Å². The fourth-order valence-electron chi connectivity index (χ4n) is 1.55. The summed E-state index contributed by atoms with van der Waals surface area (Å²) in [6, 6.07) is 11.5. The van der Waals surface area contributed by atoms with E-state index in [0.29, 0.717) is 5.15 Å². The quantitative estimate of drug-likeness (QED) is 0.613. The highest BCUT2D eigenvalue weighted by molar-refractivity contribution is 7.98. The molecule has 0 unspecified atom stereocenters. The Hall–Kier alpha value is -1.19. The van der Waals surface area contributed by atoms with Gasteiger partial charge in [0.25, 0.3) is 5.56 Å². The highest BCUT2D eigenvalue weighted by atomic mass is 35.5. The molecule has 17 heavy (non-hydrogen) atoms. The molecule has 4 heteroatoms. The maximum Gasteiger partial charge on any atom is 0.252 e. The Kier molecular flexibility index (Phi) is 3.60. The van der Waals surface area contributed by atoms with Crippen molar-refractivity contribution in [1.82, 2.24) is 4.57 Å². The van der Waals surface area contributed by atoms with E-state index in [1.807, 2.05) is 30.5 Å². The van der Waals surface area contributed by atoms with Crippen LogP contribution < -0.4 is 5.56 Å². The van der Waals surface area contributed by atoms with E-state index in [2.05, 4.69) is 0 Å². The number of hydrogen-bond donors (Lipinski definition) is 0. The Labute approximate surface area is 109 Å². The molecule has 0 aliphatic heterocycles. The molecule has 0 fully saturated rings. The number of pyridine rings is 1. The number of thioether (sulfide) groups is 1. The molecule has 0 radical (unpaired) electrons. The van der Waals surface area contributed by atoms with E-state index in [0.717, 1.165) is 11.1 Å². The summed E-state index contributed by atoms with van der Waals surface area (Å²) in [5.41, 5.74) is 1.76. The molecule has 88 valence electrons. The minimum Gasteiger partial charge on any atom is -0.302 e. The van der Waals surface area contributed by atoms with Gasteiger partial charge < -0.3 is 4.57 Å². The molecule has 2 nitrogen and oxygen atoms in total. The Morgan fingerprint density at radius 2 is 1.76 bits per heavy atom. The van der Waals surface area contributed by atoms with Gasteiger partial charge in [0.15, 0.2) is 0 Å². The molecule has 2 aromatic rings. The first-order chi connectivity index (χ1) is 8.11. The van der Waals surface area contributed by atoms with Crippen molar-refractivity contribution < 1.29 is 0 Å². The van der Waals surface area contributed by atoms with Crippen LogP contribution in [0.3, 0.4) is 0 Å². The molecule has 0 saturated carbocycles. The third-order valence-electron chi connectivity index (χ3n) is 2.63. The molecular weight excluding hydrogens is 254 g/mol. The maximum absolute atomic E-state index is 11.6. The third-order valence-corrected chi connectivity index (χ3v) is 3.73. The van der Waals surface area contributed by atoms with E-state index in [1.165, 1.54) is 9.46 Å². The number of benzene rings is 1. The predicted octanol–water partition coefficient (Wildman–Crippen LogP) is 3.43. The van der Waals surface area contributed by atoms with Crippen molar-refractivity contribution in [3.05, 3.63) is 51.9 Å². The molecule has 0 saturated heterocycles. The Morgan fingerprint density at radius 3 is 2.29 bits per heavy atom. The lowest BCUT2D eigenvalue weighted by molar-refractivity contribution is 0.862. The molecule has 0 bridgehead atoms. The SMILES string of the molecule is CSc1ccc(-c2cc(Cl)n(C)c(=O)c2)cc1. The fraction of sp³-hybridized carbons (Fsp3) is 0.154. The van der Waals surface area contributed by atoms with Crippen LogP contribution >= 0.6 is 23.4 Å². The van der Waals surface area contributed by atoms with Gasteiger partial charge in [0, 0.05) is 18.0 Å². The third kappa shape index (κ3) is 2.56. The predicted molar refractivity (Wildman–Crippen MR) is 73.9 cm³/mol. The molecule has 0 atom stereocenters. The van der Waals surface area contributed by atoms with Gasteiger partial charge in [-0.3, -0.25) is 4.79 Å². The zero-order valence-electron chi connectivity index (χ0n) is 9.61. The zero-order chi connectivity index (χ0) is 12.4. The van der Waals surface area contributed by atoms with Crippen molar-refractivity contribution in [2.45, 2.75) is 4.90 Å². The van der Waals surface area contributed by atoms with Gasteiger partial charge in [0.05, 0.1) is 0 Å². The fourth-order valence-corrected chi connectivity index (χ4v) is 2.16. The van der Waals surface area contributed by atoms with E-state index in [-0.39, 0.29) is 5.56 Å². The first-order valence-electron chi connectivity index (χ1n) is 5.13. The molecule has 2 rings (SSSR count). The molecule has 0 amide bonds. The average Bonchev–Trinajstić information content (AvgIpc) is 2.35. The Morgan fingerprint density at radius 1 is 1.12 bits per heavy atom. The van der Waals surface area contributed by atoms with E-state index in [1.54, 1.807) is 30.9 Å². The smallest absolute Gasteiger partial charge is 0.252 e. The summed E-state index contributed by atoms with van der Waals surface area (Å²) in [5.74, 6) is 0. The minimum atomic E-state index is -0.0959. The first-order valence-corrected chi connectivity index (χ1v) is 6.73. The van der Waals surface area contributed by atoms with E-state index < -0.39 is 0 Å². The normalized spacial score (nSPS) is 10.5. The lowest BCUT2D eigenvalue weighted by Gasteiger charge is -2.06. The summed E-state index contributed by atoms with van der Waals surface area (Å²) in [5, 5.41) is 0.446. The van der Waals surface area contributed by atoms with Gasteiger partial charge in [-0.25, -0.2) is 0 Å². The topological polar surface area (TPSA) is 22.0 Å². The summed E-state index contributed by atoms with van der Waals surface area (Å²) in [4.78, 5) is 12.8. The largest absolute Gasteiger partial charge is 0.302 e.